The van der Waals surface area contributed by atoms with Crippen LogP contribution < -0.4 is 0 Å². The summed E-state index contributed by atoms with van der Waals surface area (Å²) < 4.78 is 5.43. The first kappa shape index (κ1) is 12.1. The van der Waals surface area contributed by atoms with Crippen LogP contribution in [0.2, 0.25) is 0 Å². The van der Waals surface area contributed by atoms with Gasteiger partial charge >= 0.3 is 0 Å². The van der Waals surface area contributed by atoms with Crippen molar-refractivity contribution in [3.8, 4) is 0 Å². The van der Waals surface area contributed by atoms with Crippen LogP contribution in [0.3, 0.4) is 0 Å². The number of hydrogen-bond donors (Lipinski definition) is 1. The molecule has 92 valence electrons. The van der Waals surface area contributed by atoms with Crippen molar-refractivity contribution in [2.24, 2.45) is 0 Å². The number of rotatable bonds is 5. The summed E-state index contributed by atoms with van der Waals surface area (Å²) in [5.41, 5.74) is 3.01. The summed E-state index contributed by atoms with van der Waals surface area (Å²) in [6.07, 6.45) is 0.957. The van der Waals surface area contributed by atoms with Gasteiger partial charge in [0.2, 0.25) is 0 Å². The lowest BCUT2D eigenvalue weighted by Gasteiger charge is -2.14. The van der Waals surface area contributed by atoms with E-state index in [0.29, 0.717) is 12.4 Å². The number of benzene rings is 1. The molecule has 0 spiro atoms. The van der Waals surface area contributed by atoms with Crippen molar-refractivity contribution in [3.05, 3.63) is 29.7 Å². The largest absolute Gasteiger partial charge is 0.441 e. The van der Waals surface area contributed by atoms with Crippen LogP contribution in [0.4, 0.5) is 0 Å². The molecule has 17 heavy (non-hydrogen) atoms. The van der Waals surface area contributed by atoms with Gasteiger partial charge in [-0.05, 0) is 31.2 Å². The van der Waals surface area contributed by atoms with Crippen molar-refractivity contribution in [1.29, 1.82) is 0 Å². The van der Waals surface area contributed by atoms with E-state index < -0.39 is 0 Å². The minimum Gasteiger partial charge on any atom is -0.441 e. The topological polar surface area (TPSA) is 49.5 Å². The van der Waals surface area contributed by atoms with Crippen LogP contribution in [-0.2, 0) is 6.42 Å². The van der Waals surface area contributed by atoms with Crippen LogP contribution in [0.25, 0.3) is 11.1 Å². The molecular formula is C13H18N2O2. The fraction of sp³-hybridized carbons (Fsp3) is 0.462. The third-order valence-electron chi connectivity index (χ3n) is 2.82. The zero-order chi connectivity index (χ0) is 12.3. The molecule has 0 radical (unpaired) electrons. The smallest absolute Gasteiger partial charge is 0.192 e. The maximum atomic E-state index is 8.81. The van der Waals surface area contributed by atoms with Crippen LogP contribution in [0.5, 0.6) is 0 Å². The third kappa shape index (κ3) is 3.05. The lowest BCUT2D eigenvalue weighted by atomic mass is 10.1. The standard InChI is InChI=1S/C13H18N2O2/c1-10-14-12-9-11(3-4-13(12)17-10)5-6-15(2)7-8-16/h3-4,9,16H,5-8H2,1-2H3. The van der Waals surface area contributed by atoms with Crippen LogP contribution in [0.15, 0.2) is 22.6 Å². The summed E-state index contributed by atoms with van der Waals surface area (Å²) in [7, 11) is 2.01. The van der Waals surface area contributed by atoms with Gasteiger partial charge in [0.25, 0.3) is 0 Å². The Hall–Kier alpha value is -1.39. The van der Waals surface area contributed by atoms with Crippen LogP contribution in [-0.4, -0.2) is 41.7 Å². The number of hydrogen-bond acceptors (Lipinski definition) is 4. The number of aryl methyl sites for hydroxylation is 1. The number of likely N-dealkylation sites (N-methyl/N-ethyl adjacent to an activating group) is 1. The van der Waals surface area contributed by atoms with Crippen molar-refractivity contribution in [2.45, 2.75) is 13.3 Å². The van der Waals surface area contributed by atoms with Gasteiger partial charge in [-0.15, -0.1) is 0 Å². The molecule has 0 atom stereocenters. The first-order valence-electron chi connectivity index (χ1n) is 5.84. The van der Waals surface area contributed by atoms with Gasteiger partial charge in [-0.3, -0.25) is 0 Å². The predicted octanol–water partition coefficient (Wildman–Crippen LogP) is 1.60. The second kappa shape index (κ2) is 5.29. The van der Waals surface area contributed by atoms with Crippen LogP contribution >= 0.6 is 0 Å². The molecule has 0 saturated carbocycles. The molecule has 1 aromatic carbocycles. The van der Waals surface area contributed by atoms with Crippen LogP contribution in [0.1, 0.15) is 11.5 Å². The molecule has 0 amide bonds. The number of aliphatic hydroxyl groups excluding tert-OH is 1. The van der Waals surface area contributed by atoms with E-state index in [1.807, 2.05) is 20.0 Å². The highest BCUT2D eigenvalue weighted by Crippen LogP contribution is 2.17. The van der Waals surface area contributed by atoms with Gasteiger partial charge < -0.3 is 14.4 Å². The SMILES string of the molecule is Cc1nc2cc(CCN(C)CCO)ccc2o1. The van der Waals surface area contributed by atoms with Gasteiger partial charge in [-0.1, -0.05) is 6.07 Å². The van der Waals surface area contributed by atoms with Crippen molar-refractivity contribution in [2.75, 3.05) is 26.7 Å². The zero-order valence-corrected chi connectivity index (χ0v) is 10.3. The molecule has 0 saturated heterocycles. The minimum atomic E-state index is 0.206. The molecule has 0 fully saturated rings. The van der Waals surface area contributed by atoms with Crippen LogP contribution in [0, 0.1) is 6.92 Å². The van der Waals surface area contributed by atoms with Gasteiger partial charge in [0, 0.05) is 20.0 Å². The Morgan fingerprint density at radius 1 is 1.35 bits per heavy atom. The lowest BCUT2D eigenvalue weighted by molar-refractivity contribution is 0.223. The van der Waals surface area contributed by atoms with Gasteiger partial charge in [0.05, 0.1) is 6.61 Å². The lowest BCUT2D eigenvalue weighted by Crippen LogP contribution is -2.24. The molecule has 2 rings (SSSR count). The minimum absolute atomic E-state index is 0.206. The molecule has 1 N–H and O–H groups in total. The van der Waals surface area contributed by atoms with E-state index in [4.69, 9.17) is 9.52 Å². The number of fused-ring (bicyclic) bond motifs is 1. The molecule has 2 aromatic rings. The molecule has 0 aliphatic heterocycles. The Labute approximate surface area is 101 Å². The molecule has 4 heteroatoms. The Morgan fingerprint density at radius 2 is 2.18 bits per heavy atom. The van der Waals surface area contributed by atoms with E-state index in [2.05, 4.69) is 22.0 Å². The second-order valence-electron chi connectivity index (χ2n) is 4.31. The molecular weight excluding hydrogens is 216 g/mol. The zero-order valence-electron chi connectivity index (χ0n) is 10.3. The molecule has 0 aliphatic carbocycles. The first-order chi connectivity index (χ1) is 8.19. The highest BCUT2D eigenvalue weighted by molar-refractivity contribution is 5.73. The van der Waals surface area contributed by atoms with Gasteiger partial charge in [0.15, 0.2) is 11.5 Å². The first-order valence-corrected chi connectivity index (χ1v) is 5.84. The number of aliphatic hydroxyl groups is 1. The number of aromatic nitrogens is 1. The van der Waals surface area contributed by atoms with Crippen molar-refractivity contribution >= 4 is 11.1 Å². The van der Waals surface area contributed by atoms with Crippen molar-refractivity contribution in [3.63, 3.8) is 0 Å². The Kier molecular flexibility index (Phi) is 3.76. The average Bonchev–Trinajstić information content (AvgIpc) is 2.66. The molecule has 0 aliphatic rings. The predicted molar refractivity (Wildman–Crippen MR) is 67.0 cm³/mol. The fourth-order valence-electron chi connectivity index (χ4n) is 1.85. The maximum absolute atomic E-state index is 8.81. The summed E-state index contributed by atoms with van der Waals surface area (Å²) in [5, 5.41) is 8.81. The van der Waals surface area contributed by atoms with E-state index in [9.17, 15) is 0 Å². The molecule has 1 aromatic heterocycles. The summed E-state index contributed by atoms with van der Waals surface area (Å²) in [6.45, 7) is 3.71. The maximum Gasteiger partial charge on any atom is 0.192 e. The summed E-state index contributed by atoms with van der Waals surface area (Å²) >= 11 is 0. The Balaban J connectivity index is 2.03. The van der Waals surface area contributed by atoms with Crippen molar-refractivity contribution in [1.82, 2.24) is 9.88 Å². The Bertz CT molecular complexity index is 493. The van der Waals surface area contributed by atoms with E-state index in [1.165, 1.54) is 5.56 Å². The number of nitrogens with zero attached hydrogens (tertiary/aromatic N) is 2. The highest BCUT2D eigenvalue weighted by atomic mass is 16.3. The van der Waals surface area contributed by atoms with E-state index >= 15 is 0 Å². The van der Waals surface area contributed by atoms with Gasteiger partial charge in [-0.25, -0.2) is 4.98 Å². The van der Waals surface area contributed by atoms with E-state index in [-0.39, 0.29) is 6.61 Å². The van der Waals surface area contributed by atoms with Gasteiger partial charge in [-0.2, -0.15) is 0 Å². The summed E-state index contributed by atoms with van der Waals surface area (Å²) in [5.74, 6) is 0.703. The van der Waals surface area contributed by atoms with Crippen molar-refractivity contribution < 1.29 is 9.52 Å². The summed E-state index contributed by atoms with van der Waals surface area (Å²) in [6, 6.07) is 6.11. The quantitative estimate of drug-likeness (QED) is 0.853. The fourth-order valence-corrected chi connectivity index (χ4v) is 1.85. The van der Waals surface area contributed by atoms with E-state index in [0.717, 1.165) is 24.1 Å². The third-order valence-corrected chi connectivity index (χ3v) is 2.82. The molecule has 0 bridgehead atoms. The summed E-state index contributed by atoms with van der Waals surface area (Å²) in [4.78, 5) is 6.43. The number of oxazole rings is 1. The molecule has 4 nitrogen and oxygen atoms in total. The normalized spacial score (nSPS) is 11.5. The van der Waals surface area contributed by atoms with Gasteiger partial charge in [0.1, 0.15) is 5.52 Å². The monoisotopic (exact) mass is 234 g/mol. The van der Waals surface area contributed by atoms with E-state index in [1.54, 1.807) is 0 Å². The molecule has 0 unspecified atom stereocenters. The second-order valence-corrected chi connectivity index (χ2v) is 4.31. The average molecular weight is 234 g/mol. The molecule has 1 heterocycles. The highest BCUT2D eigenvalue weighted by Gasteiger charge is 2.04. The Morgan fingerprint density at radius 3 is 2.94 bits per heavy atom.